The summed E-state index contributed by atoms with van der Waals surface area (Å²) in [6.07, 6.45) is -0.570. The summed E-state index contributed by atoms with van der Waals surface area (Å²) in [4.78, 5) is 19.1. The van der Waals surface area contributed by atoms with E-state index in [-0.39, 0.29) is 23.5 Å². The van der Waals surface area contributed by atoms with Gasteiger partial charge in [0, 0.05) is 30.7 Å². The zero-order valence-electron chi connectivity index (χ0n) is 18.1. The molecule has 0 aliphatic carbocycles. The third-order valence-corrected chi connectivity index (χ3v) is 7.44. The number of fused-ring (bicyclic) bond motifs is 1. The Bertz CT molecular complexity index is 1650. The minimum absolute atomic E-state index is 0.129. The smallest absolute Gasteiger partial charge is 0.475 e. The van der Waals surface area contributed by atoms with Crippen LogP contribution in [0.5, 0.6) is 0 Å². The van der Waals surface area contributed by atoms with Crippen LogP contribution in [0.2, 0.25) is 0 Å². The van der Waals surface area contributed by atoms with Gasteiger partial charge in [-0.3, -0.25) is 4.98 Å². The Labute approximate surface area is 205 Å². The molecule has 4 aromatic rings. The number of alkyl halides is 3. The van der Waals surface area contributed by atoms with Crippen LogP contribution < -0.4 is 10.9 Å². The van der Waals surface area contributed by atoms with Crippen LogP contribution in [0.3, 0.4) is 0 Å². The molecule has 7 N–H and O–H groups in total. The number of H-pyrrole nitrogens is 2. The monoisotopic (exact) mass is 563 g/mol. The predicted molar refractivity (Wildman–Crippen MR) is 119 cm³/mol. The van der Waals surface area contributed by atoms with Crippen molar-refractivity contribution in [2.24, 2.45) is 10.9 Å². The normalized spacial score (nSPS) is 12.2. The lowest BCUT2D eigenvalue weighted by atomic mass is 10.0. The highest BCUT2D eigenvalue weighted by molar-refractivity contribution is 7.93. The number of benzene rings is 1. The number of carboxylic acid groups (broad SMARTS) is 1. The zero-order valence-corrected chi connectivity index (χ0v) is 19.8. The molecule has 3 heterocycles. The zero-order chi connectivity index (χ0) is 27.6. The molecular formula is C17H16F3N9O6S2. The average Bonchev–Trinajstić information content (AvgIpc) is 3.47. The molecule has 4 rings (SSSR count). The lowest BCUT2D eigenvalue weighted by Gasteiger charge is -2.15. The van der Waals surface area contributed by atoms with Crippen LogP contribution in [-0.2, 0) is 24.7 Å². The highest BCUT2D eigenvalue weighted by Crippen LogP contribution is 2.40. The molecule has 0 saturated heterocycles. The van der Waals surface area contributed by atoms with Gasteiger partial charge in [0.1, 0.15) is 10.4 Å². The van der Waals surface area contributed by atoms with Crippen molar-refractivity contribution in [1.29, 1.82) is 0 Å². The van der Waals surface area contributed by atoms with E-state index in [9.17, 15) is 30.0 Å². The van der Waals surface area contributed by atoms with Crippen LogP contribution in [0, 0.1) is 0 Å². The van der Waals surface area contributed by atoms with Gasteiger partial charge in [0.25, 0.3) is 0 Å². The highest BCUT2D eigenvalue weighted by Gasteiger charge is 2.38. The number of nitrogens with zero attached hydrogens (tertiary/aromatic N) is 5. The van der Waals surface area contributed by atoms with Crippen LogP contribution in [0.15, 0.2) is 40.5 Å². The maximum absolute atomic E-state index is 12.7. The van der Waals surface area contributed by atoms with E-state index >= 15 is 0 Å². The van der Waals surface area contributed by atoms with Gasteiger partial charge in [0.2, 0.25) is 15.8 Å². The number of sulfone groups is 1. The van der Waals surface area contributed by atoms with E-state index in [1.54, 1.807) is 6.20 Å². The molecule has 3 aromatic heterocycles. The van der Waals surface area contributed by atoms with Crippen molar-refractivity contribution < 1.29 is 39.9 Å². The first-order valence-corrected chi connectivity index (χ1v) is 12.8. The molecule has 0 saturated carbocycles. The number of nitrogens with one attached hydrogen (secondary N) is 2. The van der Waals surface area contributed by atoms with E-state index < -0.39 is 47.5 Å². The number of hydrogen-bond donors (Lipinski definition) is 5. The summed E-state index contributed by atoms with van der Waals surface area (Å²) in [7, 11) is -8.62. The number of carbonyl (C=O) groups is 1. The van der Waals surface area contributed by atoms with Crippen molar-refractivity contribution in [3.63, 3.8) is 0 Å². The van der Waals surface area contributed by atoms with Gasteiger partial charge in [-0.25, -0.2) is 31.8 Å². The largest absolute Gasteiger partial charge is 0.490 e. The lowest BCUT2D eigenvalue weighted by molar-refractivity contribution is -0.192. The average molecular weight is 564 g/mol. The second-order valence-electron chi connectivity index (χ2n) is 6.96. The number of nitrogens with two attached hydrogens (primary N) is 2. The molecule has 0 amide bonds. The summed E-state index contributed by atoms with van der Waals surface area (Å²) in [6, 6.07) is 2.60. The van der Waals surface area contributed by atoms with Crippen LogP contribution in [0.25, 0.3) is 33.7 Å². The van der Waals surface area contributed by atoms with Crippen molar-refractivity contribution in [2.75, 3.05) is 12.3 Å². The van der Waals surface area contributed by atoms with E-state index in [0.717, 1.165) is 0 Å². The summed E-state index contributed by atoms with van der Waals surface area (Å²) in [6.45, 7) is -0.205. The molecule has 0 bridgehead atoms. The van der Waals surface area contributed by atoms with Gasteiger partial charge in [-0.2, -0.15) is 18.4 Å². The number of sulfonamides is 1. The molecule has 0 spiro atoms. The number of aliphatic carboxylic acids is 1. The highest BCUT2D eigenvalue weighted by atomic mass is 32.2. The van der Waals surface area contributed by atoms with Crippen molar-refractivity contribution in [3.8, 4) is 22.5 Å². The fourth-order valence-electron chi connectivity index (χ4n) is 3.13. The molecule has 37 heavy (non-hydrogen) atoms. The fraction of sp³-hybridized carbons (Fsp3) is 0.176. The van der Waals surface area contributed by atoms with Crippen molar-refractivity contribution in [2.45, 2.75) is 16.0 Å². The number of tetrazole rings is 1. The van der Waals surface area contributed by atoms with E-state index in [1.807, 2.05) is 0 Å². The second kappa shape index (κ2) is 10.2. The molecule has 0 fully saturated rings. The van der Waals surface area contributed by atoms with Crippen molar-refractivity contribution >= 4 is 37.0 Å². The number of carboxylic acids is 1. The Morgan fingerprint density at radius 3 is 2.27 bits per heavy atom. The fourth-order valence-corrected chi connectivity index (χ4v) is 5.88. The Morgan fingerprint density at radius 2 is 1.73 bits per heavy atom. The molecule has 0 aliphatic heterocycles. The summed E-state index contributed by atoms with van der Waals surface area (Å²) in [5, 5.41) is 26.0. The van der Waals surface area contributed by atoms with Crippen molar-refractivity contribution in [1.82, 2.24) is 35.6 Å². The first-order valence-electron chi connectivity index (χ1n) is 9.63. The number of aromatic amines is 2. The van der Waals surface area contributed by atoms with Crippen molar-refractivity contribution in [3.05, 3.63) is 30.7 Å². The molecule has 198 valence electrons. The van der Waals surface area contributed by atoms with Gasteiger partial charge in [-0.1, -0.05) is 6.07 Å². The number of primary sulfonamides is 1. The van der Waals surface area contributed by atoms with Gasteiger partial charge in [-0.05, 0) is 16.8 Å². The summed E-state index contributed by atoms with van der Waals surface area (Å²) < 4.78 is 82.3. The number of hydrogen-bond acceptors (Lipinski definition) is 11. The van der Waals surface area contributed by atoms with E-state index in [4.69, 9.17) is 20.8 Å². The minimum atomic E-state index is -5.08. The van der Waals surface area contributed by atoms with Gasteiger partial charge in [0.15, 0.2) is 15.5 Å². The maximum atomic E-state index is 12.7. The number of rotatable bonds is 6. The Morgan fingerprint density at radius 1 is 1.08 bits per heavy atom. The van der Waals surface area contributed by atoms with Gasteiger partial charge < -0.3 is 15.8 Å². The Hall–Kier alpha value is -4.01. The number of halogens is 3. The molecular weight excluding hydrogens is 547 g/mol. The molecule has 1 aromatic carbocycles. The van der Waals surface area contributed by atoms with Crippen LogP contribution in [0.4, 0.5) is 13.2 Å². The van der Waals surface area contributed by atoms with Crippen LogP contribution in [0.1, 0.15) is 0 Å². The van der Waals surface area contributed by atoms with Crippen LogP contribution in [-0.4, -0.2) is 82.0 Å². The van der Waals surface area contributed by atoms with E-state index in [1.165, 1.54) is 24.5 Å². The molecule has 0 atom stereocenters. The quantitative estimate of drug-likeness (QED) is 0.205. The topological polar surface area (TPSA) is 254 Å². The standard InChI is InChI=1S/C15H15N9O4S2.C2HF3O2/c16-3-6-29(25,26)10-2-1-8(9-7-20-15-12(9)18-4-5-19-15)11(13(10)30(17,27)28)14-21-23-24-22-14;3-2(4,5)1(6)7/h1-2,4-5,7H,3,6,16H2,(H,19,20)(H2,17,27,28)(H,21,22,23,24);(H,6,7). The van der Waals surface area contributed by atoms with Crippen LogP contribution >= 0.6 is 0 Å². The van der Waals surface area contributed by atoms with Gasteiger partial charge >= 0.3 is 12.1 Å². The summed E-state index contributed by atoms with van der Waals surface area (Å²) in [5.41, 5.74) is 6.87. The van der Waals surface area contributed by atoms with E-state index in [2.05, 4.69) is 35.6 Å². The lowest BCUT2D eigenvalue weighted by Crippen LogP contribution is -2.22. The third kappa shape index (κ3) is 5.87. The van der Waals surface area contributed by atoms with E-state index in [0.29, 0.717) is 16.7 Å². The van der Waals surface area contributed by atoms with Gasteiger partial charge in [0.05, 0.1) is 16.2 Å². The molecule has 0 unspecified atom stereocenters. The number of aromatic nitrogens is 7. The second-order valence-corrected chi connectivity index (χ2v) is 10.5. The van der Waals surface area contributed by atoms with Gasteiger partial charge in [-0.15, -0.1) is 10.2 Å². The Balaban J connectivity index is 0.000000479. The molecule has 0 radical (unpaired) electrons. The molecule has 15 nitrogen and oxygen atoms in total. The summed E-state index contributed by atoms with van der Waals surface area (Å²) in [5.74, 6) is -3.39. The molecule has 0 aliphatic rings. The minimum Gasteiger partial charge on any atom is -0.475 e. The predicted octanol–water partition coefficient (Wildman–Crippen LogP) is -0.182. The third-order valence-electron chi connectivity index (χ3n) is 4.54. The summed E-state index contributed by atoms with van der Waals surface area (Å²) >= 11 is 0. The first kappa shape index (κ1) is 27.6. The first-order chi connectivity index (χ1) is 17.2. The SMILES string of the molecule is NCCS(=O)(=O)c1ccc(-c2c[nH]c3nccnc23)c(-c2nn[nH]n2)c1S(N)(=O)=O.O=C(O)C(F)(F)F. The maximum Gasteiger partial charge on any atom is 0.490 e. The molecule has 20 heteroatoms. The Kier molecular flexibility index (Phi) is 7.57.